The predicted molar refractivity (Wildman–Crippen MR) is 61.8 cm³/mol. The molecule has 0 radical (unpaired) electrons. The third-order valence-electron chi connectivity index (χ3n) is 2.19. The normalized spacial score (nSPS) is 12.9. The summed E-state index contributed by atoms with van der Waals surface area (Å²) in [4.78, 5) is 0. The standard InChI is InChI=1S/C12H24O3/c1-6-12(14-8-7-13-5)9-15-11(4)10(2)3/h10,12H,4,6-9H2,1-3,5H3. The van der Waals surface area contributed by atoms with E-state index in [1.54, 1.807) is 7.11 Å². The molecule has 0 amide bonds. The molecule has 0 spiro atoms. The summed E-state index contributed by atoms with van der Waals surface area (Å²) in [5.41, 5.74) is 0. The Balaban J connectivity index is 3.65. The van der Waals surface area contributed by atoms with Crippen molar-refractivity contribution in [3.8, 4) is 0 Å². The summed E-state index contributed by atoms with van der Waals surface area (Å²) in [7, 11) is 1.67. The van der Waals surface area contributed by atoms with E-state index in [4.69, 9.17) is 14.2 Å². The fraction of sp³-hybridized carbons (Fsp3) is 0.833. The van der Waals surface area contributed by atoms with E-state index in [2.05, 4.69) is 27.4 Å². The van der Waals surface area contributed by atoms with Crippen LogP contribution in [0.1, 0.15) is 27.2 Å². The average Bonchev–Trinajstić information content (AvgIpc) is 2.22. The summed E-state index contributed by atoms with van der Waals surface area (Å²) < 4.78 is 16.0. The van der Waals surface area contributed by atoms with Gasteiger partial charge < -0.3 is 14.2 Å². The summed E-state index contributed by atoms with van der Waals surface area (Å²) in [6, 6.07) is 0. The SMILES string of the molecule is C=C(OCC(CC)OCCOC)C(C)C. The molecule has 0 saturated heterocycles. The number of allylic oxidation sites excluding steroid dienone is 1. The number of ether oxygens (including phenoxy) is 3. The zero-order valence-corrected chi connectivity index (χ0v) is 10.4. The van der Waals surface area contributed by atoms with Gasteiger partial charge in [0.2, 0.25) is 0 Å². The summed E-state index contributed by atoms with van der Waals surface area (Å²) >= 11 is 0. The van der Waals surface area contributed by atoms with E-state index < -0.39 is 0 Å². The van der Waals surface area contributed by atoms with Crippen LogP contribution in [0.4, 0.5) is 0 Å². The summed E-state index contributed by atoms with van der Waals surface area (Å²) in [5.74, 6) is 1.19. The van der Waals surface area contributed by atoms with Crippen molar-refractivity contribution < 1.29 is 14.2 Å². The average molecular weight is 216 g/mol. The minimum absolute atomic E-state index is 0.135. The van der Waals surface area contributed by atoms with Crippen LogP contribution in [-0.4, -0.2) is 33.0 Å². The minimum atomic E-state index is 0.135. The van der Waals surface area contributed by atoms with Crippen LogP contribution in [0.3, 0.4) is 0 Å². The van der Waals surface area contributed by atoms with Gasteiger partial charge in [-0.15, -0.1) is 0 Å². The Bertz CT molecular complexity index is 166. The first-order valence-corrected chi connectivity index (χ1v) is 5.53. The van der Waals surface area contributed by atoms with E-state index in [-0.39, 0.29) is 6.10 Å². The number of hydrogen-bond acceptors (Lipinski definition) is 3. The molecule has 0 heterocycles. The van der Waals surface area contributed by atoms with Crippen molar-refractivity contribution in [2.45, 2.75) is 33.3 Å². The second kappa shape index (κ2) is 8.74. The van der Waals surface area contributed by atoms with E-state index >= 15 is 0 Å². The highest BCUT2D eigenvalue weighted by molar-refractivity contribution is 4.86. The van der Waals surface area contributed by atoms with Crippen LogP contribution in [0, 0.1) is 5.92 Å². The van der Waals surface area contributed by atoms with Crippen LogP contribution in [0.25, 0.3) is 0 Å². The molecule has 90 valence electrons. The molecule has 0 aliphatic rings. The molecule has 0 N–H and O–H groups in total. The highest BCUT2D eigenvalue weighted by atomic mass is 16.5. The Labute approximate surface area is 93.4 Å². The second-order valence-corrected chi connectivity index (χ2v) is 3.83. The zero-order valence-electron chi connectivity index (χ0n) is 10.4. The van der Waals surface area contributed by atoms with Gasteiger partial charge in [0.25, 0.3) is 0 Å². The van der Waals surface area contributed by atoms with E-state index in [1.165, 1.54) is 0 Å². The molecule has 15 heavy (non-hydrogen) atoms. The number of methoxy groups -OCH3 is 1. The molecular formula is C12H24O3. The maximum atomic E-state index is 5.57. The molecular weight excluding hydrogens is 192 g/mol. The Morgan fingerprint density at radius 3 is 2.40 bits per heavy atom. The molecule has 0 aromatic carbocycles. The van der Waals surface area contributed by atoms with Gasteiger partial charge in [-0.05, 0) is 6.42 Å². The highest BCUT2D eigenvalue weighted by Gasteiger charge is 2.09. The monoisotopic (exact) mass is 216 g/mol. The Hall–Kier alpha value is -0.540. The summed E-state index contributed by atoms with van der Waals surface area (Å²) in [6.45, 7) is 11.9. The van der Waals surface area contributed by atoms with Gasteiger partial charge in [0, 0.05) is 13.0 Å². The van der Waals surface area contributed by atoms with Crippen LogP contribution < -0.4 is 0 Å². The fourth-order valence-corrected chi connectivity index (χ4v) is 0.949. The van der Waals surface area contributed by atoms with Crippen molar-refractivity contribution in [1.82, 2.24) is 0 Å². The lowest BCUT2D eigenvalue weighted by Gasteiger charge is -2.19. The molecule has 0 saturated carbocycles. The molecule has 0 aliphatic carbocycles. The molecule has 0 bridgehead atoms. The van der Waals surface area contributed by atoms with E-state index in [0.717, 1.165) is 12.2 Å². The molecule has 1 unspecified atom stereocenters. The van der Waals surface area contributed by atoms with Gasteiger partial charge >= 0.3 is 0 Å². The maximum Gasteiger partial charge on any atom is 0.114 e. The first-order chi connectivity index (χ1) is 7.11. The fourth-order valence-electron chi connectivity index (χ4n) is 0.949. The van der Waals surface area contributed by atoms with Crippen LogP contribution in [0.15, 0.2) is 12.3 Å². The van der Waals surface area contributed by atoms with Crippen LogP contribution >= 0.6 is 0 Å². The molecule has 0 aliphatic heterocycles. The van der Waals surface area contributed by atoms with E-state index in [1.807, 2.05) is 0 Å². The first-order valence-electron chi connectivity index (χ1n) is 5.53. The van der Waals surface area contributed by atoms with Gasteiger partial charge in [-0.2, -0.15) is 0 Å². The summed E-state index contributed by atoms with van der Waals surface area (Å²) in [5, 5.41) is 0. The predicted octanol–water partition coefficient (Wildman–Crippen LogP) is 2.61. The van der Waals surface area contributed by atoms with Gasteiger partial charge in [0.1, 0.15) is 6.61 Å². The van der Waals surface area contributed by atoms with Gasteiger partial charge in [-0.3, -0.25) is 0 Å². The zero-order chi connectivity index (χ0) is 11.7. The summed E-state index contributed by atoms with van der Waals surface area (Å²) in [6.07, 6.45) is 1.07. The third-order valence-corrected chi connectivity index (χ3v) is 2.19. The number of rotatable bonds is 9. The van der Waals surface area contributed by atoms with Crippen molar-refractivity contribution in [2.24, 2.45) is 5.92 Å². The van der Waals surface area contributed by atoms with E-state index in [0.29, 0.717) is 25.7 Å². The Morgan fingerprint density at radius 2 is 1.93 bits per heavy atom. The lowest BCUT2D eigenvalue weighted by Crippen LogP contribution is -2.21. The molecule has 0 rings (SSSR count). The van der Waals surface area contributed by atoms with E-state index in [9.17, 15) is 0 Å². The number of hydrogen-bond donors (Lipinski definition) is 0. The van der Waals surface area contributed by atoms with Crippen LogP contribution in [0.2, 0.25) is 0 Å². The maximum absolute atomic E-state index is 5.57. The Kier molecular flexibility index (Phi) is 8.43. The molecule has 3 heteroatoms. The quantitative estimate of drug-likeness (QED) is 0.438. The topological polar surface area (TPSA) is 27.7 Å². The van der Waals surface area contributed by atoms with Crippen LogP contribution in [0.5, 0.6) is 0 Å². The largest absolute Gasteiger partial charge is 0.496 e. The van der Waals surface area contributed by atoms with Gasteiger partial charge in [0.05, 0.1) is 25.1 Å². The van der Waals surface area contributed by atoms with Gasteiger partial charge in [0.15, 0.2) is 0 Å². The molecule has 0 fully saturated rings. The molecule has 3 nitrogen and oxygen atoms in total. The first kappa shape index (κ1) is 14.5. The Morgan fingerprint density at radius 1 is 1.27 bits per heavy atom. The van der Waals surface area contributed by atoms with Crippen molar-refractivity contribution in [1.29, 1.82) is 0 Å². The smallest absolute Gasteiger partial charge is 0.114 e. The van der Waals surface area contributed by atoms with Crippen molar-refractivity contribution in [3.05, 3.63) is 12.3 Å². The lowest BCUT2D eigenvalue weighted by atomic mass is 10.2. The van der Waals surface area contributed by atoms with Gasteiger partial charge in [-0.25, -0.2) is 0 Å². The van der Waals surface area contributed by atoms with Crippen molar-refractivity contribution >= 4 is 0 Å². The van der Waals surface area contributed by atoms with Gasteiger partial charge in [-0.1, -0.05) is 27.4 Å². The van der Waals surface area contributed by atoms with Crippen LogP contribution in [-0.2, 0) is 14.2 Å². The highest BCUT2D eigenvalue weighted by Crippen LogP contribution is 2.10. The third kappa shape index (κ3) is 7.40. The second-order valence-electron chi connectivity index (χ2n) is 3.83. The lowest BCUT2D eigenvalue weighted by molar-refractivity contribution is -0.0225. The molecule has 1 atom stereocenters. The van der Waals surface area contributed by atoms with Crippen molar-refractivity contribution in [3.63, 3.8) is 0 Å². The van der Waals surface area contributed by atoms with Crippen molar-refractivity contribution in [2.75, 3.05) is 26.9 Å². The minimum Gasteiger partial charge on any atom is -0.496 e. The molecule has 0 aromatic heterocycles. The molecule has 0 aromatic rings.